The van der Waals surface area contributed by atoms with Gasteiger partial charge in [-0.15, -0.1) is 0 Å². The summed E-state index contributed by atoms with van der Waals surface area (Å²) in [6, 6.07) is 0. The molecule has 0 saturated heterocycles. The third-order valence-electron chi connectivity index (χ3n) is 2.59. The number of thiazole rings is 1. The summed E-state index contributed by atoms with van der Waals surface area (Å²) < 4.78 is 0. The topological polar surface area (TPSA) is 53.4 Å². The molecule has 0 aliphatic heterocycles. The number of carboxylic acid groups (broad SMARTS) is 1. The van der Waals surface area contributed by atoms with Crippen molar-refractivity contribution in [2.45, 2.75) is 27.2 Å². The molecular formula is C11H18N2O2S. The van der Waals surface area contributed by atoms with E-state index in [4.69, 9.17) is 5.11 Å². The van der Waals surface area contributed by atoms with Crippen molar-refractivity contribution in [2.24, 2.45) is 5.92 Å². The van der Waals surface area contributed by atoms with Crippen molar-refractivity contribution in [3.63, 3.8) is 0 Å². The van der Waals surface area contributed by atoms with Gasteiger partial charge in [0, 0.05) is 13.1 Å². The Morgan fingerprint density at radius 3 is 2.75 bits per heavy atom. The van der Waals surface area contributed by atoms with Gasteiger partial charge in [0.05, 0.1) is 6.20 Å². The third kappa shape index (κ3) is 3.20. The number of anilines is 1. The maximum Gasteiger partial charge on any atom is 0.347 e. The molecule has 0 fully saturated rings. The summed E-state index contributed by atoms with van der Waals surface area (Å²) in [4.78, 5) is 17.3. The second kappa shape index (κ2) is 5.84. The minimum Gasteiger partial charge on any atom is -0.477 e. The first-order chi connectivity index (χ1) is 7.58. The molecule has 1 rings (SSSR count). The lowest BCUT2D eigenvalue weighted by Gasteiger charge is -2.23. The SMILES string of the molecule is CCC(C)CN(CC)c1ncc(C(=O)O)s1. The molecule has 16 heavy (non-hydrogen) atoms. The molecule has 0 saturated carbocycles. The van der Waals surface area contributed by atoms with Gasteiger partial charge in [0.1, 0.15) is 4.88 Å². The molecule has 0 aliphatic carbocycles. The molecule has 4 nitrogen and oxygen atoms in total. The molecule has 1 aromatic heterocycles. The average molecular weight is 242 g/mol. The van der Waals surface area contributed by atoms with E-state index in [-0.39, 0.29) is 0 Å². The van der Waals surface area contributed by atoms with Crippen LogP contribution in [0.25, 0.3) is 0 Å². The predicted molar refractivity (Wildman–Crippen MR) is 66.4 cm³/mol. The van der Waals surface area contributed by atoms with Crippen LogP contribution >= 0.6 is 11.3 Å². The monoisotopic (exact) mass is 242 g/mol. The van der Waals surface area contributed by atoms with Crippen molar-refractivity contribution in [1.29, 1.82) is 0 Å². The average Bonchev–Trinajstić information content (AvgIpc) is 2.74. The first-order valence-electron chi connectivity index (χ1n) is 5.52. The van der Waals surface area contributed by atoms with E-state index in [0.29, 0.717) is 10.8 Å². The number of carboxylic acids is 1. The van der Waals surface area contributed by atoms with E-state index >= 15 is 0 Å². The third-order valence-corrected chi connectivity index (χ3v) is 3.63. The van der Waals surface area contributed by atoms with Gasteiger partial charge in [-0.2, -0.15) is 0 Å². The fourth-order valence-electron chi connectivity index (χ4n) is 1.36. The van der Waals surface area contributed by atoms with Crippen LogP contribution in [0.1, 0.15) is 36.9 Å². The predicted octanol–water partition coefficient (Wildman–Crippen LogP) is 2.71. The maximum atomic E-state index is 10.8. The smallest absolute Gasteiger partial charge is 0.347 e. The first-order valence-corrected chi connectivity index (χ1v) is 6.34. The molecule has 90 valence electrons. The van der Waals surface area contributed by atoms with E-state index in [0.717, 1.165) is 24.6 Å². The lowest BCUT2D eigenvalue weighted by Crippen LogP contribution is -2.27. The van der Waals surface area contributed by atoms with Gasteiger partial charge in [-0.05, 0) is 12.8 Å². The first kappa shape index (κ1) is 13.0. The molecule has 1 N–H and O–H groups in total. The summed E-state index contributed by atoms with van der Waals surface area (Å²) in [6.45, 7) is 8.19. The van der Waals surface area contributed by atoms with Crippen LogP contribution < -0.4 is 4.90 Å². The molecule has 5 heteroatoms. The lowest BCUT2D eigenvalue weighted by molar-refractivity contribution is 0.0702. The highest BCUT2D eigenvalue weighted by atomic mass is 32.1. The second-order valence-electron chi connectivity index (χ2n) is 3.86. The minimum atomic E-state index is -0.900. The Hall–Kier alpha value is -1.10. The van der Waals surface area contributed by atoms with Crippen LogP contribution in [0.2, 0.25) is 0 Å². The van der Waals surface area contributed by atoms with Crippen LogP contribution in [0.4, 0.5) is 5.13 Å². The van der Waals surface area contributed by atoms with Crippen molar-refractivity contribution in [3.05, 3.63) is 11.1 Å². The number of hydrogen-bond acceptors (Lipinski definition) is 4. The Labute approximate surface area is 99.9 Å². The lowest BCUT2D eigenvalue weighted by atomic mass is 10.1. The highest BCUT2D eigenvalue weighted by Crippen LogP contribution is 2.23. The van der Waals surface area contributed by atoms with Gasteiger partial charge < -0.3 is 10.0 Å². The zero-order valence-electron chi connectivity index (χ0n) is 9.93. The van der Waals surface area contributed by atoms with Crippen molar-refractivity contribution >= 4 is 22.4 Å². The van der Waals surface area contributed by atoms with Gasteiger partial charge in [0.25, 0.3) is 0 Å². The fourth-order valence-corrected chi connectivity index (χ4v) is 2.19. The van der Waals surface area contributed by atoms with Gasteiger partial charge in [-0.25, -0.2) is 9.78 Å². The Morgan fingerprint density at radius 2 is 2.31 bits per heavy atom. The molecule has 0 aromatic carbocycles. The van der Waals surface area contributed by atoms with Crippen LogP contribution in [0, 0.1) is 5.92 Å². The molecule has 0 aliphatic rings. The summed E-state index contributed by atoms with van der Waals surface area (Å²) in [5.41, 5.74) is 0. The molecule has 1 aromatic rings. The highest BCUT2D eigenvalue weighted by molar-refractivity contribution is 7.17. The Balaban J connectivity index is 2.74. The van der Waals surface area contributed by atoms with Gasteiger partial charge in [-0.3, -0.25) is 0 Å². The molecule has 1 atom stereocenters. The van der Waals surface area contributed by atoms with E-state index in [1.54, 1.807) is 0 Å². The van der Waals surface area contributed by atoms with E-state index in [2.05, 4.69) is 30.7 Å². The Morgan fingerprint density at radius 1 is 1.62 bits per heavy atom. The van der Waals surface area contributed by atoms with E-state index in [1.165, 1.54) is 17.5 Å². The highest BCUT2D eigenvalue weighted by Gasteiger charge is 2.14. The molecule has 0 bridgehead atoms. The molecular weight excluding hydrogens is 224 g/mol. The summed E-state index contributed by atoms with van der Waals surface area (Å²) >= 11 is 1.24. The minimum absolute atomic E-state index is 0.303. The molecule has 0 amide bonds. The van der Waals surface area contributed by atoms with Crippen molar-refractivity contribution in [2.75, 3.05) is 18.0 Å². The van der Waals surface area contributed by atoms with Gasteiger partial charge >= 0.3 is 5.97 Å². The molecule has 0 radical (unpaired) electrons. The Bertz CT molecular complexity index is 352. The van der Waals surface area contributed by atoms with Crippen molar-refractivity contribution in [3.8, 4) is 0 Å². The Kier molecular flexibility index (Phi) is 4.73. The van der Waals surface area contributed by atoms with Crippen LogP contribution in [0.15, 0.2) is 6.20 Å². The van der Waals surface area contributed by atoms with Gasteiger partial charge in [0.15, 0.2) is 5.13 Å². The zero-order valence-corrected chi connectivity index (χ0v) is 10.8. The number of hydrogen-bond donors (Lipinski definition) is 1. The van der Waals surface area contributed by atoms with Crippen molar-refractivity contribution < 1.29 is 9.90 Å². The zero-order chi connectivity index (χ0) is 12.1. The van der Waals surface area contributed by atoms with Gasteiger partial charge in [0.2, 0.25) is 0 Å². The summed E-state index contributed by atoms with van der Waals surface area (Å²) in [7, 11) is 0. The van der Waals surface area contributed by atoms with E-state index in [9.17, 15) is 4.79 Å². The number of aromatic carboxylic acids is 1. The molecule has 0 spiro atoms. The van der Waals surface area contributed by atoms with E-state index < -0.39 is 5.97 Å². The quantitative estimate of drug-likeness (QED) is 0.833. The van der Waals surface area contributed by atoms with Crippen molar-refractivity contribution in [1.82, 2.24) is 4.98 Å². The summed E-state index contributed by atoms with van der Waals surface area (Å²) in [5.74, 6) is -0.305. The molecule has 1 unspecified atom stereocenters. The maximum absolute atomic E-state index is 10.8. The number of nitrogens with zero attached hydrogens (tertiary/aromatic N) is 2. The standard InChI is InChI=1S/C11H18N2O2S/c1-4-8(3)7-13(5-2)11-12-6-9(16-11)10(14)15/h6,8H,4-5,7H2,1-3H3,(H,14,15). The molecule has 1 heterocycles. The fraction of sp³-hybridized carbons (Fsp3) is 0.636. The van der Waals surface area contributed by atoms with Gasteiger partial charge in [-0.1, -0.05) is 31.6 Å². The van der Waals surface area contributed by atoms with Crippen LogP contribution in [-0.2, 0) is 0 Å². The summed E-state index contributed by atoms with van der Waals surface area (Å²) in [5, 5.41) is 9.64. The number of aromatic nitrogens is 1. The van der Waals surface area contributed by atoms with Crippen LogP contribution in [0.3, 0.4) is 0 Å². The second-order valence-corrected chi connectivity index (χ2v) is 4.87. The summed E-state index contributed by atoms with van der Waals surface area (Å²) in [6.07, 6.45) is 2.55. The number of carbonyl (C=O) groups is 1. The van der Waals surface area contributed by atoms with E-state index in [1.807, 2.05) is 0 Å². The number of rotatable bonds is 6. The largest absolute Gasteiger partial charge is 0.477 e. The van der Waals surface area contributed by atoms with Crippen LogP contribution in [-0.4, -0.2) is 29.1 Å². The normalized spacial score (nSPS) is 12.4. The van der Waals surface area contributed by atoms with Crippen LogP contribution in [0.5, 0.6) is 0 Å².